The van der Waals surface area contributed by atoms with Gasteiger partial charge in [-0.1, -0.05) is 26.2 Å². The lowest BCUT2D eigenvalue weighted by molar-refractivity contribution is 0.547. The third kappa shape index (κ3) is 6.66. The summed E-state index contributed by atoms with van der Waals surface area (Å²) in [7, 11) is 0. The molecule has 130 valence electrons. The second-order valence-corrected chi connectivity index (χ2v) is 6.43. The van der Waals surface area contributed by atoms with Gasteiger partial charge in [-0.15, -0.1) is 35.3 Å². The molecule has 23 heavy (non-hydrogen) atoms. The highest BCUT2D eigenvalue weighted by molar-refractivity contribution is 14.0. The highest BCUT2D eigenvalue weighted by Crippen LogP contribution is 2.11. The van der Waals surface area contributed by atoms with E-state index in [9.17, 15) is 0 Å². The summed E-state index contributed by atoms with van der Waals surface area (Å²) in [5, 5.41) is 8.83. The molecule has 2 rings (SSSR count). The number of rotatable bonds is 8. The predicted molar refractivity (Wildman–Crippen MR) is 110 cm³/mol. The van der Waals surface area contributed by atoms with Crippen LogP contribution in [0.15, 0.2) is 22.8 Å². The first kappa shape index (κ1) is 20.2. The highest BCUT2D eigenvalue weighted by atomic mass is 127. The number of hydrogen-bond acceptors (Lipinski definition) is 3. The van der Waals surface area contributed by atoms with Gasteiger partial charge in [0.2, 0.25) is 0 Å². The molecule has 0 saturated carbocycles. The van der Waals surface area contributed by atoms with Crippen molar-refractivity contribution in [1.29, 1.82) is 0 Å². The van der Waals surface area contributed by atoms with Crippen molar-refractivity contribution < 1.29 is 0 Å². The first-order valence-corrected chi connectivity index (χ1v) is 9.06. The number of aromatic nitrogens is 2. The Balaban J connectivity index is 0.00000264. The average molecular weight is 449 g/mol. The van der Waals surface area contributed by atoms with Crippen molar-refractivity contribution in [3.8, 4) is 0 Å². The molecular formula is C16H28IN5S. The molecule has 0 aliphatic rings. The number of nitrogens with zero attached hydrogens (tertiary/aromatic N) is 3. The van der Waals surface area contributed by atoms with Crippen molar-refractivity contribution in [1.82, 2.24) is 20.0 Å². The third-order valence-corrected chi connectivity index (χ3v) is 4.28. The summed E-state index contributed by atoms with van der Waals surface area (Å²) in [6.45, 7) is 8.01. The van der Waals surface area contributed by atoms with Gasteiger partial charge < -0.3 is 10.6 Å². The lowest BCUT2D eigenvalue weighted by Gasteiger charge is -2.17. The summed E-state index contributed by atoms with van der Waals surface area (Å²) in [6, 6.07) is 0.440. The van der Waals surface area contributed by atoms with E-state index in [0.717, 1.165) is 23.2 Å². The number of fused-ring (bicyclic) bond motifs is 1. The van der Waals surface area contributed by atoms with Gasteiger partial charge in [-0.2, -0.15) is 0 Å². The topological polar surface area (TPSA) is 53.7 Å². The van der Waals surface area contributed by atoms with Crippen LogP contribution < -0.4 is 10.6 Å². The number of unbranched alkanes of at least 4 members (excludes halogenated alkanes) is 2. The highest BCUT2D eigenvalue weighted by Gasteiger charge is 2.06. The minimum atomic E-state index is 0. The van der Waals surface area contributed by atoms with Crippen LogP contribution >= 0.6 is 35.3 Å². The van der Waals surface area contributed by atoms with E-state index in [2.05, 4.69) is 41.4 Å². The molecule has 5 nitrogen and oxygen atoms in total. The third-order valence-electron chi connectivity index (χ3n) is 3.51. The van der Waals surface area contributed by atoms with Gasteiger partial charge in [0.25, 0.3) is 0 Å². The fraction of sp³-hybridized carbons (Fsp3) is 0.625. The quantitative estimate of drug-likeness (QED) is 0.277. The van der Waals surface area contributed by atoms with E-state index in [1.54, 1.807) is 11.3 Å². The Bertz CT molecular complexity index is 564. The van der Waals surface area contributed by atoms with E-state index >= 15 is 0 Å². The molecule has 2 N–H and O–H groups in total. The molecule has 0 radical (unpaired) electrons. The summed E-state index contributed by atoms with van der Waals surface area (Å²) < 4.78 is 2.04. The zero-order valence-corrected chi connectivity index (χ0v) is 17.4. The predicted octanol–water partition coefficient (Wildman–Crippen LogP) is 4.04. The minimum Gasteiger partial charge on any atom is -0.357 e. The van der Waals surface area contributed by atoms with Gasteiger partial charge in [-0.25, -0.2) is 9.98 Å². The van der Waals surface area contributed by atoms with Gasteiger partial charge in [0.1, 0.15) is 0 Å². The SMILES string of the molecule is CCCCCC(C)NC(=NCc1cn2ccsc2n1)NCC.I. The monoisotopic (exact) mass is 449 g/mol. The first-order chi connectivity index (χ1) is 10.7. The molecule has 0 saturated heterocycles. The number of halogens is 1. The largest absolute Gasteiger partial charge is 0.357 e. The maximum absolute atomic E-state index is 4.65. The van der Waals surface area contributed by atoms with Crippen LogP contribution in [0.4, 0.5) is 0 Å². The van der Waals surface area contributed by atoms with E-state index in [1.807, 2.05) is 22.2 Å². The molecule has 0 spiro atoms. The summed E-state index contributed by atoms with van der Waals surface area (Å²) in [5.74, 6) is 0.878. The Hall–Kier alpha value is -0.830. The standard InChI is InChI=1S/C16H27N5S.HI/c1-4-6-7-8-13(3)19-15(17-5-2)18-11-14-12-21-9-10-22-16(21)20-14;/h9-10,12-13H,4-8,11H2,1-3H3,(H2,17,18,19);1H. The Morgan fingerprint density at radius 2 is 2.22 bits per heavy atom. The fourth-order valence-corrected chi connectivity index (χ4v) is 3.06. The molecule has 0 amide bonds. The van der Waals surface area contributed by atoms with Crippen molar-refractivity contribution in [3.63, 3.8) is 0 Å². The molecule has 0 aliphatic carbocycles. The van der Waals surface area contributed by atoms with Crippen LogP contribution in [0, 0.1) is 0 Å². The first-order valence-electron chi connectivity index (χ1n) is 8.18. The maximum Gasteiger partial charge on any atom is 0.193 e. The van der Waals surface area contributed by atoms with Gasteiger partial charge in [-0.05, 0) is 20.3 Å². The molecule has 1 atom stereocenters. The van der Waals surface area contributed by atoms with Gasteiger partial charge in [-0.3, -0.25) is 4.40 Å². The van der Waals surface area contributed by atoms with Crippen LogP contribution in [0.25, 0.3) is 4.96 Å². The van der Waals surface area contributed by atoms with E-state index in [-0.39, 0.29) is 24.0 Å². The zero-order valence-electron chi connectivity index (χ0n) is 14.2. The normalized spacial score (nSPS) is 12.9. The van der Waals surface area contributed by atoms with Crippen LogP contribution in [0.5, 0.6) is 0 Å². The molecule has 2 heterocycles. The van der Waals surface area contributed by atoms with Crippen molar-refractivity contribution in [2.24, 2.45) is 4.99 Å². The minimum absolute atomic E-state index is 0. The van der Waals surface area contributed by atoms with Gasteiger partial charge in [0.05, 0.1) is 12.2 Å². The van der Waals surface area contributed by atoms with E-state index in [0.29, 0.717) is 12.6 Å². The number of guanidine groups is 1. The Morgan fingerprint density at radius 1 is 1.39 bits per heavy atom. The second-order valence-electron chi connectivity index (χ2n) is 5.56. The van der Waals surface area contributed by atoms with Crippen molar-refractivity contribution in [2.75, 3.05) is 6.54 Å². The molecule has 0 bridgehead atoms. The molecule has 2 aromatic heterocycles. The lowest BCUT2D eigenvalue weighted by atomic mass is 10.1. The average Bonchev–Trinajstić information content (AvgIpc) is 3.06. The Kier molecular flexibility index (Phi) is 9.54. The van der Waals surface area contributed by atoms with Crippen LogP contribution in [0.1, 0.15) is 52.1 Å². The molecule has 7 heteroatoms. The smallest absolute Gasteiger partial charge is 0.193 e. The van der Waals surface area contributed by atoms with Crippen molar-refractivity contribution in [2.45, 2.75) is 59.0 Å². The number of aliphatic imine (C=N–C) groups is 1. The van der Waals surface area contributed by atoms with Gasteiger partial charge >= 0.3 is 0 Å². The van der Waals surface area contributed by atoms with Crippen molar-refractivity contribution in [3.05, 3.63) is 23.5 Å². The number of imidazole rings is 1. The molecule has 0 fully saturated rings. The van der Waals surface area contributed by atoms with E-state index < -0.39 is 0 Å². The van der Waals surface area contributed by atoms with Crippen LogP contribution in [-0.4, -0.2) is 27.9 Å². The maximum atomic E-state index is 4.65. The molecular weight excluding hydrogens is 421 g/mol. The fourth-order valence-electron chi connectivity index (χ4n) is 2.34. The number of thiazole rings is 1. The lowest BCUT2D eigenvalue weighted by Crippen LogP contribution is -2.42. The second kappa shape index (κ2) is 10.9. The number of hydrogen-bond donors (Lipinski definition) is 2. The molecule has 0 aliphatic heterocycles. The van der Waals surface area contributed by atoms with Crippen LogP contribution in [0.3, 0.4) is 0 Å². The Labute approximate surface area is 160 Å². The van der Waals surface area contributed by atoms with Crippen molar-refractivity contribution >= 4 is 46.2 Å². The van der Waals surface area contributed by atoms with Gasteiger partial charge in [0, 0.05) is 30.4 Å². The molecule has 0 aromatic carbocycles. The summed E-state index contributed by atoms with van der Waals surface area (Å²) in [5.41, 5.74) is 1.00. The summed E-state index contributed by atoms with van der Waals surface area (Å²) in [6.07, 6.45) is 9.08. The summed E-state index contributed by atoms with van der Waals surface area (Å²) >= 11 is 1.65. The summed E-state index contributed by atoms with van der Waals surface area (Å²) in [4.78, 5) is 10.2. The molecule has 2 aromatic rings. The van der Waals surface area contributed by atoms with Gasteiger partial charge in [0.15, 0.2) is 10.9 Å². The number of nitrogens with one attached hydrogen (secondary N) is 2. The van der Waals surface area contributed by atoms with Crippen LogP contribution in [-0.2, 0) is 6.54 Å². The molecule has 1 unspecified atom stereocenters. The van der Waals surface area contributed by atoms with E-state index in [4.69, 9.17) is 0 Å². The zero-order chi connectivity index (χ0) is 15.8. The van der Waals surface area contributed by atoms with Crippen LogP contribution in [0.2, 0.25) is 0 Å². The van der Waals surface area contributed by atoms with E-state index in [1.165, 1.54) is 25.7 Å². The Morgan fingerprint density at radius 3 is 2.91 bits per heavy atom.